The van der Waals surface area contributed by atoms with Gasteiger partial charge in [-0.25, -0.2) is 9.67 Å². The molecule has 0 aliphatic carbocycles. The van der Waals surface area contributed by atoms with Crippen LogP contribution in [0.4, 0.5) is 0 Å². The molecule has 2 aromatic carbocycles. The lowest BCUT2D eigenvalue weighted by Gasteiger charge is -2.18. The van der Waals surface area contributed by atoms with E-state index in [1.54, 1.807) is 0 Å². The largest absolute Gasteiger partial charge is 0.492 e. The van der Waals surface area contributed by atoms with Crippen molar-refractivity contribution in [3.63, 3.8) is 0 Å². The minimum Gasteiger partial charge on any atom is -0.492 e. The molecule has 8 heteroatoms. The number of ether oxygens (including phenoxy) is 2. The number of benzene rings is 2. The van der Waals surface area contributed by atoms with E-state index >= 15 is 0 Å². The number of aromatic nitrogens is 5. The first-order chi connectivity index (χ1) is 15.2. The first-order valence-corrected chi connectivity index (χ1v) is 10.9. The summed E-state index contributed by atoms with van der Waals surface area (Å²) in [5.41, 5.74) is 3.01. The third-order valence-corrected chi connectivity index (χ3v) is 5.91. The van der Waals surface area contributed by atoms with Gasteiger partial charge in [-0.05, 0) is 62.2 Å². The van der Waals surface area contributed by atoms with Gasteiger partial charge in [-0.15, -0.1) is 0 Å². The molecule has 4 aromatic rings. The van der Waals surface area contributed by atoms with E-state index in [0.717, 1.165) is 65.6 Å². The van der Waals surface area contributed by atoms with Gasteiger partial charge in [-0.1, -0.05) is 11.6 Å². The molecule has 3 heterocycles. The standard InChI is InChI=1S/C23H24ClN5O2/c1-15-20-14-17(2-7-21(20)27-26-15)23-25-22(16-8-11-30-12-9-16)28-29(23)10-13-31-19-5-3-18(24)4-6-19/h2-7,14,16H,8-13H2,1H3,(H,26,27). The van der Waals surface area contributed by atoms with Crippen molar-refractivity contribution >= 4 is 22.5 Å². The average Bonchev–Trinajstić information content (AvgIpc) is 3.39. The zero-order valence-corrected chi connectivity index (χ0v) is 18.1. The maximum absolute atomic E-state index is 5.96. The van der Waals surface area contributed by atoms with Crippen LogP contribution >= 0.6 is 11.6 Å². The zero-order chi connectivity index (χ0) is 21.2. The average molecular weight is 438 g/mol. The van der Waals surface area contributed by atoms with Gasteiger partial charge in [0.15, 0.2) is 11.6 Å². The van der Waals surface area contributed by atoms with Gasteiger partial charge < -0.3 is 9.47 Å². The van der Waals surface area contributed by atoms with Crippen molar-refractivity contribution in [3.05, 3.63) is 59.0 Å². The summed E-state index contributed by atoms with van der Waals surface area (Å²) in [6, 6.07) is 13.6. The molecule has 0 atom stereocenters. The van der Waals surface area contributed by atoms with Crippen molar-refractivity contribution in [2.45, 2.75) is 32.2 Å². The number of nitrogens with zero attached hydrogens (tertiary/aromatic N) is 4. The van der Waals surface area contributed by atoms with Crippen LogP contribution in [-0.2, 0) is 11.3 Å². The third-order valence-electron chi connectivity index (χ3n) is 5.66. The van der Waals surface area contributed by atoms with Crippen LogP contribution in [0.3, 0.4) is 0 Å². The van der Waals surface area contributed by atoms with Crippen LogP contribution in [0.2, 0.25) is 5.02 Å². The fourth-order valence-corrected chi connectivity index (χ4v) is 4.04. The Labute approximate surface area is 185 Å². The van der Waals surface area contributed by atoms with Crippen molar-refractivity contribution in [1.29, 1.82) is 0 Å². The fraction of sp³-hybridized carbons (Fsp3) is 0.348. The van der Waals surface area contributed by atoms with Crippen molar-refractivity contribution < 1.29 is 9.47 Å². The maximum atomic E-state index is 5.96. The molecule has 0 radical (unpaired) electrons. The lowest BCUT2D eigenvalue weighted by Crippen LogP contribution is -2.16. The van der Waals surface area contributed by atoms with E-state index in [-0.39, 0.29) is 0 Å². The summed E-state index contributed by atoms with van der Waals surface area (Å²) in [4.78, 5) is 4.95. The summed E-state index contributed by atoms with van der Waals surface area (Å²) in [6.45, 7) is 4.62. The number of aromatic amines is 1. The Morgan fingerprint density at radius 2 is 1.97 bits per heavy atom. The van der Waals surface area contributed by atoms with Crippen molar-refractivity contribution in [3.8, 4) is 17.1 Å². The second kappa shape index (κ2) is 8.69. The van der Waals surface area contributed by atoms with E-state index in [1.807, 2.05) is 41.9 Å². The van der Waals surface area contributed by atoms with Gasteiger partial charge in [0, 0.05) is 40.8 Å². The Morgan fingerprint density at radius 3 is 2.77 bits per heavy atom. The van der Waals surface area contributed by atoms with Gasteiger partial charge in [0.2, 0.25) is 0 Å². The highest BCUT2D eigenvalue weighted by molar-refractivity contribution is 6.30. The molecule has 0 bridgehead atoms. The molecular weight excluding hydrogens is 414 g/mol. The van der Waals surface area contributed by atoms with E-state index in [2.05, 4.69) is 22.3 Å². The summed E-state index contributed by atoms with van der Waals surface area (Å²) in [5, 5.41) is 14.0. The van der Waals surface area contributed by atoms with E-state index in [9.17, 15) is 0 Å². The molecule has 1 fully saturated rings. The predicted octanol–water partition coefficient (Wildman–Crippen LogP) is 4.76. The summed E-state index contributed by atoms with van der Waals surface area (Å²) in [6.07, 6.45) is 1.90. The highest BCUT2D eigenvalue weighted by atomic mass is 35.5. The Morgan fingerprint density at radius 1 is 1.16 bits per heavy atom. The molecule has 2 aromatic heterocycles. The Balaban J connectivity index is 1.43. The molecule has 1 aliphatic heterocycles. The number of hydrogen-bond donors (Lipinski definition) is 1. The van der Waals surface area contributed by atoms with Crippen LogP contribution in [0, 0.1) is 6.92 Å². The second-order valence-corrected chi connectivity index (χ2v) is 8.22. The van der Waals surface area contributed by atoms with E-state index < -0.39 is 0 Å². The molecule has 0 unspecified atom stereocenters. The topological polar surface area (TPSA) is 77.9 Å². The number of hydrogen-bond acceptors (Lipinski definition) is 5. The molecule has 0 amide bonds. The van der Waals surface area contributed by atoms with Crippen LogP contribution in [0.1, 0.15) is 30.3 Å². The highest BCUT2D eigenvalue weighted by Gasteiger charge is 2.23. The lowest BCUT2D eigenvalue weighted by atomic mass is 10.00. The SMILES string of the molecule is Cc1[nH]nc2ccc(-c3nc(C4CCOCC4)nn3CCOc3ccc(Cl)cc3)cc12. The van der Waals surface area contributed by atoms with Gasteiger partial charge in [-0.2, -0.15) is 10.2 Å². The number of halogens is 1. The first kappa shape index (κ1) is 20.0. The van der Waals surface area contributed by atoms with Gasteiger partial charge in [0.05, 0.1) is 12.1 Å². The molecule has 5 rings (SSSR count). The minimum atomic E-state index is 0.324. The summed E-state index contributed by atoms with van der Waals surface area (Å²) in [5.74, 6) is 2.84. The number of aryl methyl sites for hydroxylation is 1. The van der Waals surface area contributed by atoms with Crippen molar-refractivity contribution in [2.24, 2.45) is 0 Å². The Hall–Kier alpha value is -2.90. The molecule has 0 spiro atoms. The van der Waals surface area contributed by atoms with Crippen LogP contribution in [0.15, 0.2) is 42.5 Å². The molecule has 7 nitrogen and oxygen atoms in total. The minimum absolute atomic E-state index is 0.324. The van der Waals surface area contributed by atoms with E-state index in [1.165, 1.54) is 0 Å². The summed E-state index contributed by atoms with van der Waals surface area (Å²) in [7, 11) is 0. The van der Waals surface area contributed by atoms with Crippen molar-refractivity contribution in [2.75, 3.05) is 19.8 Å². The van der Waals surface area contributed by atoms with Gasteiger partial charge in [0.1, 0.15) is 12.4 Å². The maximum Gasteiger partial charge on any atom is 0.158 e. The van der Waals surface area contributed by atoms with Crippen LogP contribution in [-0.4, -0.2) is 44.8 Å². The number of H-pyrrole nitrogens is 1. The molecule has 31 heavy (non-hydrogen) atoms. The monoisotopic (exact) mass is 437 g/mol. The van der Waals surface area contributed by atoms with E-state index in [4.69, 9.17) is 31.2 Å². The van der Waals surface area contributed by atoms with Gasteiger partial charge >= 0.3 is 0 Å². The second-order valence-electron chi connectivity index (χ2n) is 7.79. The van der Waals surface area contributed by atoms with Crippen LogP contribution in [0.25, 0.3) is 22.3 Å². The lowest BCUT2D eigenvalue weighted by molar-refractivity contribution is 0.0835. The van der Waals surface area contributed by atoms with Crippen LogP contribution in [0.5, 0.6) is 5.75 Å². The quantitative estimate of drug-likeness (QED) is 0.470. The molecule has 1 N–H and O–H groups in total. The molecule has 1 saturated heterocycles. The predicted molar refractivity (Wildman–Crippen MR) is 120 cm³/mol. The fourth-order valence-electron chi connectivity index (χ4n) is 3.92. The number of fused-ring (bicyclic) bond motifs is 1. The van der Waals surface area contributed by atoms with E-state index in [0.29, 0.717) is 24.1 Å². The smallest absolute Gasteiger partial charge is 0.158 e. The number of nitrogens with one attached hydrogen (secondary N) is 1. The Bertz CT molecular complexity index is 1180. The molecule has 1 aliphatic rings. The van der Waals surface area contributed by atoms with Gasteiger partial charge in [0.25, 0.3) is 0 Å². The summed E-state index contributed by atoms with van der Waals surface area (Å²) >= 11 is 5.96. The van der Waals surface area contributed by atoms with Crippen LogP contribution < -0.4 is 4.74 Å². The van der Waals surface area contributed by atoms with Gasteiger partial charge in [-0.3, -0.25) is 5.10 Å². The van der Waals surface area contributed by atoms with Crippen molar-refractivity contribution in [1.82, 2.24) is 25.0 Å². The molecule has 0 saturated carbocycles. The first-order valence-electron chi connectivity index (χ1n) is 10.5. The zero-order valence-electron chi connectivity index (χ0n) is 17.3. The molecule has 160 valence electrons. The Kier molecular flexibility index (Phi) is 5.61. The molecular formula is C23H24ClN5O2. The number of rotatable bonds is 6. The third kappa shape index (κ3) is 4.29. The summed E-state index contributed by atoms with van der Waals surface area (Å²) < 4.78 is 13.4. The normalized spacial score (nSPS) is 14.9. The highest BCUT2D eigenvalue weighted by Crippen LogP contribution is 2.29.